The van der Waals surface area contributed by atoms with Crippen LogP contribution in [0.1, 0.15) is 32.2 Å². The summed E-state index contributed by atoms with van der Waals surface area (Å²) >= 11 is 6.07. The number of halogens is 2. The van der Waals surface area contributed by atoms with Crippen LogP contribution in [-0.4, -0.2) is 14.8 Å². The molecule has 96 valence electrons. The van der Waals surface area contributed by atoms with Gasteiger partial charge in [0.05, 0.1) is 5.69 Å². The van der Waals surface area contributed by atoms with Crippen LogP contribution < -0.4 is 0 Å². The SMILES string of the molecule is Cc1cc(-n2c(Cl)nnc2C(C)(C)C)ccc1F. The van der Waals surface area contributed by atoms with E-state index in [1.54, 1.807) is 23.6 Å². The molecule has 1 aromatic carbocycles. The Hall–Kier alpha value is -1.42. The van der Waals surface area contributed by atoms with Gasteiger partial charge in [0.25, 0.3) is 0 Å². The van der Waals surface area contributed by atoms with Crippen LogP contribution in [0.4, 0.5) is 4.39 Å². The maximum absolute atomic E-state index is 13.3. The van der Waals surface area contributed by atoms with Crippen LogP contribution in [0.3, 0.4) is 0 Å². The van der Waals surface area contributed by atoms with Crippen LogP contribution in [0, 0.1) is 12.7 Å². The van der Waals surface area contributed by atoms with Crippen molar-refractivity contribution in [2.75, 3.05) is 0 Å². The minimum Gasteiger partial charge on any atom is -0.269 e. The molecule has 0 fully saturated rings. The number of aromatic nitrogens is 3. The molecule has 0 amide bonds. The zero-order valence-corrected chi connectivity index (χ0v) is 11.6. The first kappa shape index (κ1) is 13.0. The Morgan fingerprint density at radius 3 is 2.44 bits per heavy atom. The number of hydrogen-bond acceptors (Lipinski definition) is 2. The van der Waals surface area contributed by atoms with Gasteiger partial charge in [0, 0.05) is 5.41 Å². The molecule has 18 heavy (non-hydrogen) atoms. The molecule has 0 aliphatic rings. The van der Waals surface area contributed by atoms with Crippen molar-refractivity contribution in [1.29, 1.82) is 0 Å². The Labute approximate surface area is 111 Å². The van der Waals surface area contributed by atoms with Gasteiger partial charge in [-0.2, -0.15) is 0 Å². The number of hydrogen-bond donors (Lipinski definition) is 0. The van der Waals surface area contributed by atoms with Gasteiger partial charge < -0.3 is 0 Å². The third-order valence-corrected chi connectivity index (χ3v) is 2.94. The van der Waals surface area contributed by atoms with Crippen molar-refractivity contribution in [2.45, 2.75) is 33.1 Å². The summed E-state index contributed by atoms with van der Waals surface area (Å²) in [4.78, 5) is 0. The molecule has 2 aromatic rings. The van der Waals surface area contributed by atoms with E-state index < -0.39 is 0 Å². The maximum Gasteiger partial charge on any atom is 0.229 e. The van der Waals surface area contributed by atoms with E-state index in [1.807, 2.05) is 20.8 Å². The van der Waals surface area contributed by atoms with Gasteiger partial charge >= 0.3 is 0 Å². The topological polar surface area (TPSA) is 30.7 Å². The Kier molecular flexibility index (Phi) is 3.15. The van der Waals surface area contributed by atoms with Gasteiger partial charge in [0.2, 0.25) is 5.28 Å². The predicted octanol–water partition coefficient (Wildman–Crippen LogP) is 3.67. The highest BCUT2D eigenvalue weighted by atomic mass is 35.5. The summed E-state index contributed by atoms with van der Waals surface area (Å²) in [7, 11) is 0. The van der Waals surface area contributed by atoms with E-state index in [0.717, 1.165) is 11.5 Å². The first-order valence-electron chi connectivity index (χ1n) is 5.68. The average molecular weight is 268 g/mol. The van der Waals surface area contributed by atoms with E-state index in [9.17, 15) is 4.39 Å². The largest absolute Gasteiger partial charge is 0.269 e. The highest BCUT2D eigenvalue weighted by molar-refractivity contribution is 6.28. The van der Waals surface area contributed by atoms with Crippen molar-refractivity contribution >= 4 is 11.6 Å². The van der Waals surface area contributed by atoms with Crippen LogP contribution in [0.5, 0.6) is 0 Å². The second-order valence-corrected chi connectivity index (χ2v) is 5.65. The van der Waals surface area contributed by atoms with Crippen LogP contribution in [-0.2, 0) is 5.41 Å². The van der Waals surface area contributed by atoms with Crippen LogP contribution in [0.25, 0.3) is 5.69 Å². The summed E-state index contributed by atoms with van der Waals surface area (Å²) in [5.74, 6) is 0.513. The molecule has 5 heteroatoms. The summed E-state index contributed by atoms with van der Waals surface area (Å²) in [5, 5.41) is 8.28. The van der Waals surface area contributed by atoms with Gasteiger partial charge in [-0.1, -0.05) is 20.8 Å². The lowest BCUT2D eigenvalue weighted by molar-refractivity contribution is 0.533. The number of benzene rings is 1. The molecule has 0 aliphatic heterocycles. The summed E-state index contributed by atoms with van der Waals surface area (Å²) in [6.45, 7) is 7.80. The van der Waals surface area contributed by atoms with E-state index >= 15 is 0 Å². The monoisotopic (exact) mass is 267 g/mol. The molecule has 0 saturated carbocycles. The fourth-order valence-corrected chi connectivity index (χ4v) is 1.96. The quantitative estimate of drug-likeness (QED) is 0.789. The number of aryl methyl sites for hydroxylation is 1. The normalized spacial score (nSPS) is 11.9. The smallest absolute Gasteiger partial charge is 0.229 e. The average Bonchev–Trinajstić information content (AvgIpc) is 2.64. The molecule has 0 saturated heterocycles. The lowest BCUT2D eigenvalue weighted by Crippen LogP contribution is -2.18. The predicted molar refractivity (Wildman–Crippen MR) is 69.8 cm³/mol. The van der Waals surface area contributed by atoms with Gasteiger partial charge in [-0.15, -0.1) is 10.2 Å². The van der Waals surface area contributed by atoms with Gasteiger partial charge in [-0.3, -0.25) is 4.57 Å². The molecular formula is C13H15ClFN3. The van der Waals surface area contributed by atoms with Gasteiger partial charge in [-0.25, -0.2) is 4.39 Å². The second-order valence-electron chi connectivity index (χ2n) is 5.31. The van der Waals surface area contributed by atoms with Crippen molar-refractivity contribution in [3.05, 3.63) is 40.7 Å². The van der Waals surface area contributed by atoms with Crippen LogP contribution >= 0.6 is 11.6 Å². The first-order chi connectivity index (χ1) is 8.30. The molecule has 0 radical (unpaired) electrons. The van der Waals surface area contributed by atoms with Crippen LogP contribution in [0.2, 0.25) is 5.28 Å². The van der Waals surface area contributed by atoms with Gasteiger partial charge in [0.15, 0.2) is 0 Å². The van der Waals surface area contributed by atoms with Crippen molar-refractivity contribution in [2.24, 2.45) is 0 Å². The molecule has 2 rings (SSSR count). The molecular weight excluding hydrogens is 253 g/mol. The highest BCUT2D eigenvalue weighted by Gasteiger charge is 2.24. The number of rotatable bonds is 1. The van der Waals surface area contributed by atoms with Crippen molar-refractivity contribution in [3.8, 4) is 5.69 Å². The minimum absolute atomic E-state index is 0.192. The van der Waals surface area contributed by atoms with E-state index in [4.69, 9.17) is 11.6 Å². The summed E-state index contributed by atoms with van der Waals surface area (Å²) in [6.07, 6.45) is 0. The standard InChI is InChI=1S/C13H15ClFN3/c1-8-7-9(5-6-10(8)15)18-11(13(2,3)4)16-17-12(18)14/h5-7H,1-4H3. The summed E-state index contributed by atoms with van der Waals surface area (Å²) < 4.78 is 15.0. The molecule has 0 aliphatic carbocycles. The molecule has 0 bridgehead atoms. The molecule has 1 heterocycles. The second kappa shape index (κ2) is 4.35. The Balaban J connectivity index is 2.63. The first-order valence-corrected chi connectivity index (χ1v) is 6.06. The van der Waals surface area contributed by atoms with Crippen molar-refractivity contribution in [3.63, 3.8) is 0 Å². The van der Waals surface area contributed by atoms with Crippen molar-refractivity contribution < 1.29 is 4.39 Å². The van der Waals surface area contributed by atoms with E-state index in [2.05, 4.69) is 10.2 Å². The maximum atomic E-state index is 13.3. The molecule has 3 nitrogen and oxygen atoms in total. The zero-order valence-electron chi connectivity index (χ0n) is 10.8. The molecule has 0 atom stereocenters. The third kappa shape index (κ3) is 2.25. The molecule has 0 unspecified atom stereocenters. The summed E-state index contributed by atoms with van der Waals surface area (Å²) in [5.41, 5.74) is 1.15. The lowest BCUT2D eigenvalue weighted by atomic mass is 9.95. The van der Waals surface area contributed by atoms with Crippen LogP contribution in [0.15, 0.2) is 18.2 Å². The Bertz CT molecular complexity index is 584. The van der Waals surface area contributed by atoms with Crippen molar-refractivity contribution in [1.82, 2.24) is 14.8 Å². The van der Waals surface area contributed by atoms with Gasteiger partial charge in [0.1, 0.15) is 11.6 Å². The zero-order chi connectivity index (χ0) is 13.5. The molecule has 0 N–H and O–H groups in total. The van der Waals surface area contributed by atoms with E-state index in [0.29, 0.717) is 5.56 Å². The molecule has 1 aromatic heterocycles. The highest BCUT2D eigenvalue weighted by Crippen LogP contribution is 2.27. The molecule has 0 spiro atoms. The van der Waals surface area contributed by atoms with Gasteiger partial charge in [-0.05, 0) is 42.3 Å². The Morgan fingerprint density at radius 1 is 1.22 bits per heavy atom. The fraction of sp³-hybridized carbons (Fsp3) is 0.385. The fourth-order valence-electron chi connectivity index (χ4n) is 1.75. The lowest BCUT2D eigenvalue weighted by Gasteiger charge is -2.19. The number of nitrogens with zero attached hydrogens (tertiary/aromatic N) is 3. The summed E-state index contributed by atoms with van der Waals surface area (Å²) in [6, 6.07) is 4.83. The van der Waals surface area contributed by atoms with E-state index in [1.165, 1.54) is 6.07 Å². The van der Waals surface area contributed by atoms with E-state index in [-0.39, 0.29) is 16.5 Å². The minimum atomic E-state index is -0.236. The third-order valence-electron chi connectivity index (χ3n) is 2.69. The Morgan fingerprint density at radius 2 is 1.89 bits per heavy atom.